The van der Waals surface area contributed by atoms with Crippen LogP contribution in [0.2, 0.25) is 0 Å². The van der Waals surface area contributed by atoms with Crippen LogP contribution in [-0.4, -0.2) is 31.9 Å². The lowest BCUT2D eigenvalue weighted by atomic mass is 10.2. The van der Waals surface area contributed by atoms with Gasteiger partial charge in [0.25, 0.3) is 5.91 Å². The number of hydrogen-bond donors (Lipinski definition) is 3. The summed E-state index contributed by atoms with van der Waals surface area (Å²) in [4.78, 5) is 37.6. The van der Waals surface area contributed by atoms with Gasteiger partial charge in [-0.2, -0.15) is 0 Å². The quantitative estimate of drug-likeness (QED) is 0.424. The van der Waals surface area contributed by atoms with Crippen molar-refractivity contribution < 1.29 is 23.9 Å². The number of aryl methyl sites for hydroxylation is 1. The van der Waals surface area contributed by atoms with Crippen LogP contribution in [0.15, 0.2) is 53.9 Å². The Kier molecular flexibility index (Phi) is 8.04. The van der Waals surface area contributed by atoms with Gasteiger partial charge in [0, 0.05) is 30.7 Å². The second-order valence-corrected chi connectivity index (χ2v) is 8.04. The Hall–Kier alpha value is -3.85. The minimum Gasteiger partial charge on any atom is -0.494 e. The fraction of sp³-hybridized carbons (Fsp3) is 0.208. The lowest BCUT2D eigenvalue weighted by Crippen LogP contribution is -2.18. The summed E-state index contributed by atoms with van der Waals surface area (Å²) in [5.41, 5.74) is 2.43. The number of amides is 3. The molecule has 8 nitrogen and oxygen atoms in total. The average molecular weight is 468 g/mol. The van der Waals surface area contributed by atoms with E-state index in [1.165, 1.54) is 25.6 Å². The molecule has 0 saturated carbocycles. The number of rotatable bonds is 9. The summed E-state index contributed by atoms with van der Waals surface area (Å²) in [5, 5.41) is 10.1. The molecule has 0 bridgehead atoms. The summed E-state index contributed by atoms with van der Waals surface area (Å²) in [6.45, 7) is 1.90. The Balaban J connectivity index is 1.64. The molecule has 9 heteroatoms. The van der Waals surface area contributed by atoms with Gasteiger partial charge >= 0.3 is 0 Å². The topological polar surface area (TPSA) is 106 Å². The van der Waals surface area contributed by atoms with Gasteiger partial charge in [-0.05, 0) is 30.0 Å². The maximum Gasteiger partial charge on any atom is 0.265 e. The first-order valence-corrected chi connectivity index (χ1v) is 11.1. The summed E-state index contributed by atoms with van der Waals surface area (Å²) >= 11 is 1.32. The van der Waals surface area contributed by atoms with Crippen molar-refractivity contribution in [2.75, 3.05) is 30.2 Å². The Morgan fingerprint density at radius 2 is 1.36 bits per heavy atom. The van der Waals surface area contributed by atoms with Gasteiger partial charge in [0.1, 0.15) is 11.5 Å². The number of para-hydroxylation sites is 1. The monoisotopic (exact) mass is 467 g/mol. The first-order valence-electron chi connectivity index (χ1n) is 10.2. The Bertz CT molecular complexity index is 1150. The average Bonchev–Trinajstić information content (AvgIpc) is 3.35. The van der Waals surface area contributed by atoms with Gasteiger partial charge in [-0.25, -0.2) is 0 Å². The predicted octanol–water partition coefficient (Wildman–Crippen LogP) is 4.68. The van der Waals surface area contributed by atoms with Crippen LogP contribution < -0.4 is 25.4 Å². The number of carbonyl (C=O) groups is 3. The zero-order chi connectivity index (χ0) is 23.8. The van der Waals surface area contributed by atoms with Crippen molar-refractivity contribution in [1.29, 1.82) is 0 Å². The highest BCUT2D eigenvalue weighted by Crippen LogP contribution is 2.37. The van der Waals surface area contributed by atoms with Crippen LogP contribution in [0.5, 0.6) is 11.5 Å². The van der Waals surface area contributed by atoms with Gasteiger partial charge in [0.15, 0.2) is 0 Å². The van der Waals surface area contributed by atoms with Crippen LogP contribution >= 0.6 is 11.3 Å². The van der Waals surface area contributed by atoms with Crippen molar-refractivity contribution in [1.82, 2.24) is 0 Å². The van der Waals surface area contributed by atoms with Gasteiger partial charge in [-0.15, -0.1) is 11.3 Å². The molecule has 33 heavy (non-hydrogen) atoms. The third kappa shape index (κ3) is 6.33. The molecular formula is C24H25N3O5S. The van der Waals surface area contributed by atoms with Crippen molar-refractivity contribution in [3.05, 3.63) is 64.4 Å². The zero-order valence-corrected chi connectivity index (χ0v) is 19.4. The maximum atomic E-state index is 12.5. The van der Waals surface area contributed by atoms with Crippen molar-refractivity contribution in [3.63, 3.8) is 0 Å². The number of ether oxygens (including phenoxy) is 2. The first-order chi connectivity index (χ1) is 15.9. The Labute approximate surface area is 195 Å². The lowest BCUT2D eigenvalue weighted by Gasteiger charge is -2.16. The standard InChI is InChI=1S/C24H25N3O5S/c1-15-7-4-5-8-16(15)25-22(28)10-11-23(29)26-17-13-20(32-3)18(14-19(17)31-2)27-24(30)21-9-6-12-33-21/h4-9,12-14H,10-11H2,1-3H3,(H,25,28)(H,26,29)(H,27,30). The molecule has 0 aliphatic rings. The molecule has 0 aliphatic carbocycles. The van der Waals surface area contributed by atoms with E-state index in [2.05, 4.69) is 16.0 Å². The van der Waals surface area contributed by atoms with Gasteiger partial charge in [0.2, 0.25) is 11.8 Å². The minimum absolute atomic E-state index is 0.0138. The predicted molar refractivity (Wildman–Crippen MR) is 129 cm³/mol. The number of carbonyl (C=O) groups excluding carboxylic acids is 3. The molecule has 1 heterocycles. The minimum atomic E-state index is -0.356. The molecule has 0 spiro atoms. The van der Waals surface area contributed by atoms with Gasteiger partial charge in [-0.1, -0.05) is 24.3 Å². The fourth-order valence-corrected chi connectivity index (χ4v) is 3.67. The molecule has 3 N–H and O–H groups in total. The molecule has 3 aromatic rings. The highest BCUT2D eigenvalue weighted by molar-refractivity contribution is 7.12. The number of anilines is 3. The van der Waals surface area contributed by atoms with Crippen LogP contribution in [0.4, 0.5) is 17.1 Å². The van der Waals surface area contributed by atoms with Gasteiger partial charge in [0.05, 0.1) is 30.5 Å². The van der Waals surface area contributed by atoms with E-state index in [4.69, 9.17) is 9.47 Å². The third-order valence-electron chi connectivity index (χ3n) is 4.79. The molecule has 1 aromatic heterocycles. The highest BCUT2D eigenvalue weighted by Gasteiger charge is 2.17. The maximum absolute atomic E-state index is 12.5. The lowest BCUT2D eigenvalue weighted by molar-refractivity contribution is -0.121. The molecule has 0 saturated heterocycles. The molecule has 0 atom stereocenters. The molecule has 0 unspecified atom stereocenters. The van der Waals surface area contributed by atoms with E-state index in [1.807, 2.05) is 36.6 Å². The van der Waals surface area contributed by atoms with E-state index in [-0.39, 0.29) is 30.6 Å². The van der Waals surface area contributed by atoms with Crippen molar-refractivity contribution in [2.24, 2.45) is 0 Å². The number of thiophene rings is 1. The highest BCUT2D eigenvalue weighted by atomic mass is 32.1. The van der Waals surface area contributed by atoms with Crippen molar-refractivity contribution in [3.8, 4) is 11.5 Å². The summed E-state index contributed by atoms with van der Waals surface area (Å²) in [6.07, 6.45) is 0.00855. The van der Waals surface area contributed by atoms with Crippen LogP contribution in [0, 0.1) is 6.92 Å². The van der Waals surface area contributed by atoms with Crippen molar-refractivity contribution >= 4 is 46.1 Å². The summed E-state index contributed by atoms with van der Waals surface area (Å²) in [6, 6.07) is 14.1. The molecule has 0 aliphatic heterocycles. The molecule has 172 valence electrons. The summed E-state index contributed by atoms with van der Waals surface area (Å²) in [7, 11) is 2.92. The molecule has 0 radical (unpaired) electrons. The van der Waals surface area contributed by atoms with E-state index >= 15 is 0 Å². The number of nitrogens with one attached hydrogen (secondary N) is 3. The zero-order valence-electron chi connectivity index (χ0n) is 18.6. The molecule has 3 amide bonds. The Morgan fingerprint density at radius 1 is 0.788 bits per heavy atom. The van der Waals surface area contributed by atoms with E-state index in [1.54, 1.807) is 24.3 Å². The number of benzene rings is 2. The number of hydrogen-bond acceptors (Lipinski definition) is 6. The summed E-state index contributed by atoms with van der Waals surface area (Å²) in [5.74, 6) is -0.189. The van der Waals surface area contributed by atoms with Crippen LogP contribution in [0.25, 0.3) is 0 Å². The fourth-order valence-electron chi connectivity index (χ4n) is 3.05. The number of methoxy groups -OCH3 is 2. The van der Waals surface area contributed by atoms with Crippen molar-refractivity contribution in [2.45, 2.75) is 19.8 Å². The summed E-state index contributed by atoms with van der Waals surface area (Å²) < 4.78 is 10.8. The van der Waals surface area contributed by atoms with Gasteiger partial charge in [-0.3, -0.25) is 14.4 Å². The van der Waals surface area contributed by atoms with E-state index in [0.29, 0.717) is 27.8 Å². The third-order valence-corrected chi connectivity index (χ3v) is 5.66. The molecule has 3 rings (SSSR count). The van der Waals surface area contributed by atoms with E-state index < -0.39 is 0 Å². The smallest absolute Gasteiger partial charge is 0.265 e. The molecular weight excluding hydrogens is 442 g/mol. The first kappa shape index (κ1) is 23.8. The van der Waals surface area contributed by atoms with E-state index in [0.717, 1.165) is 11.3 Å². The largest absolute Gasteiger partial charge is 0.494 e. The van der Waals surface area contributed by atoms with Crippen LogP contribution in [0.3, 0.4) is 0 Å². The normalized spacial score (nSPS) is 10.3. The van der Waals surface area contributed by atoms with Crippen LogP contribution in [0.1, 0.15) is 28.1 Å². The second kappa shape index (κ2) is 11.1. The SMILES string of the molecule is COc1cc(NC(=O)c2cccs2)c(OC)cc1NC(=O)CCC(=O)Nc1ccccc1C. The van der Waals surface area contributed by atoms with Gasteiger partial charge < -0.3 is 25.4 Å². The van der Waals surface area contributed by atoms with E-state index in [9.17, 15) is 14.4 Å². The Morgan fingerprint density at radius 3 is 1.91 bits per heavy atom. The molecule has 2 aromatic carbocycles. The second-order valence-electron chi connectivity index (χ2n) is 7.10. The van der Waals surface area contributed by atoms with Crippen LogP contribution in [-0.2, 0) is 9.59 Å². The molecule has 0 fully saturated rings.